The summed E-state index contributed by atoms with van der Waals surface area (Å²) in [6.45, 7) is 12.9. The van der Waals surface area contributed by atoms with Gasteiger partial charge in [-0.25, -0.2) is 4.79 Å². The van der Waals surface area contributed by atoms with Gasteiger partial charge in [-0.15, -0.1) is 5.54 Å². The van der Waals surface area contributed by atoms with Gasteiger partial charge in [0, 0.05) is 0 Å². The first-order valence-electron chi connectivity index (χ1n) is 8.39. The molecule has 124 valence electrons. The maximum absolute atomic E-state index is 12.1. The smallest absolute Gasteiger partial charge is 0.346 e. The first-order chi connectivity index (χ1) is 10.3. The third kappa shape index (κ3) is 10.5. The summed E-state index contributed by atoms with van der Waals surface area (Å²) in [4.78, 5) is 12.1. The molecule has 0 N–H and O–H groups in total. The van der Waals surface area contributed by atoms with E-state index >= 15 is 0 Å². The zero-order valence-electron chi connectivity index (χ0n) is 15.2. The summed E-state index contributed by atoms with van der Waals surface area (Å²) in [6.07, 6.45) is 10.2. The Hall–Kier alpha value is -1.27. The summed E-state index contributed by atoms with van der Waals surface area (Å²) >= 11 is 0. The van der Waals surface area contributed by atoms with E-state index in [4.69, 9.17) is 4.74 Å². The van der Waals surface area contributed by atoms with Crippen LogP contribution in [0.4, 0.5) is 0 Å². The Balaban J connectivity index is 4.98. The van der Waals surface area contributed by atoms with Crippen molar-refractivity contribution in [3.8, 4) is 11.5 Å². The van der Waals surface area contributed by atoms with Crippen LogP contribution < -0.4 is 0 Å². The van der Waals surface area contributed by atoms with Crippen LogP contribution >= 0.6 is 0 Å². The molecule has 0 aliphatic rings. The molecule has 0 amide bonds. The van der Waals surface area contributed by atoms with Crippen molar-refractivity contribution >= 4 is 14.0 Å². The van der Waals surface area contributed by atoms with Gasteiger partial charge in [0.15, 0.2) is 0 Å². The molecule has 0 saturated carbocycles. The number of esters is 1. The van der Waals surface area contributed by atoms with Gasteiger partial charge in [-0.2, -0.15) is 0 Å². The highest BCUT2D eigenvalue weighted by molar-refractivity contribution is 6.83. The largest absolute Gasteiger partial charge is 0.462 e. The number of carbonyl (C=O) groups excluding carboxylic acids is 1. The van der Waals surface area contributed by atoms with Gasteiger partial charge in [0.1, 0.15) is 13.6 Å². The molecule has 22 heavy (non-hydrogen) atoms. The quantitative estimate of drug-likeness (QED) is 0.152. The van der Waals surface area contributed by atoms with Gasteiger partial charge in [-0.05, 0) is 32.3 Å². The van der Waals surface area contributed by atoms with E-state index in [9.17, 15) is 4.79 Å². The molecule has 0 aromatic heterocycles. The van der Waals surface area contributed by atoms with Crippen LogP contribution in [-0.2, 0) is 9.53 Å². The zero-order chi connectivity index (χ0) is 17.0. The molecule has 0 aliphatic heterocycles. The topological polar surface area (TPSA) is 26.3 Å². The van der Waals surface area contributed by atoms with E-state index in [1.54, 1.807) is 0 Å². The average Bonchev–Trinajstić information content (AvgIpc) is 2.42. The van der Waals surface area contributed by atoms with Gasteiger partial charge in [0.25, 0.3) is 0 Å². The highest BCUT2D eigenvalue weighted by Crippen LogP contribution is 2.10. The van der Waals surface area contributed by atoms with E-state index in [0.29, 0.717) is 12.2 Å². The van der Waals surface area contributed by atoms with Crippen LogP contribution in [-0.4, -0.2) is 20.7 Å². The highest BCUT2D eigenvalue weighted by atomic mass is 28.3. The average molecular weight is 321 g/mol. The Morgan fingerprint density at radius 1 is 1.14 bits per heavy atom. The van der Waals surface area contributed by atoms with Crippen LogP contribution in [0.3, 0.4) is 0 Å². The summed E-state index contributed by atoms with van der Waals surface area (Å²) in [5.41, 5.74) is 4.67. The van der Waals surface area contributed by atoms with Gasteiger partial charge in [-0.3, -0.25) is 0 Å². The summed E-state index contributed by atoms with van der Waals surface area (Å²) in [6, 6.07) is 0. The molecule has 0 aliphatic carbocycles. The lowest BCUT2D eigenvalue weighted by molar-refractivity contribution is -0.138. The van der Waals surface area contributed by atoms with Crippen LogP contribution in [0.25, 0.3) is 0 Å². The van der Waals surface area contributed by atoms with Crippen molar-refractivity contribution in [2.75, 3.05) is 6.61 Å². The minimum absolute atomic E-state index is 0.304. The fourth-order valence-electron chi connectivity index (χ4n) is 1.80. The molecular weight excluding hydrogens is 288 g/mol. The molecule has 0 heterocycles. The maximum Gasteiger partial charge on any atom is 0.346 e. The van der Waals surface area contributed by atoms with E-state index in [-0.39, 0.29) is 5.97 Å². The molecule has 0 bridgehead atoms. The molecule has 0 saturated heterocycles. The van der Waals surface area contributed by atoms with Gasteiger partial charge in [-0.1, -0.05) is 63.9 Å². The molecule has 3 heteroatoms. The van der Waals surface area contributed by atoms with Crippen molar-refractivity contribution in [2.24, 2.45) is 0 Å². The number of ether oxygens (including phenoxy) is 1. The van der Waals surface area contributed by atoms with E-state index in [2.05, 4.69) is 44.1 Å². The molecule has 0 aromatic rings. The fraction of sp³-hybridized carbons (Fsp3) is 0.632. The third-order valence-electron chi connectivity index (χ3n) is 3.03. The number of hydrogen-bond donors (Lipinski definition) is 0. The second kappa shape index (κ2) is 11.3. The van der Waals surface area contributed by atoms with E-state index in [0.717, 1.165) is 12.0 Å². The van der Waals surface area contributed by atoms with Crippen molar-refractivity contribution in [3.05, 3.63) is 23.3 Å². The van der Waals surface area contributed by atoms with Crippen LogP contribution in [0.1, 0.15) is 52.9 Å². The molecule has 0 spiro atoms. The van der Waals surface area contributed by atoms with Crippen LogP contribution in [0.15, 0.2) is 23.3 Å². The Kier molecular flexibility index (Phi) is 10.7. The molecule has 0 unspecified atom stereocenters. The number of carbonyl (C=O) groups is 1. The molecule has 0 radical (unpaired) electrons. The molecule has 0 aromatic carbocycles. The summed E-state index contributed by atoms with van der Waals surface area (Å²) < 4.78 is 5.13. The lowest BCUT2D eigenvalue weighted by Gasteiger charge is -2.06. The number of allylic oxidation sites excluding steroid dienone is 3. The monoisotopic (exact) mass is 320 g/mol. The van der Waals surface area contributed by atoms with Gasteiger partial charge in [0.2, 0.25) is 0 Å². The SMILES string of the molecule is CCCCCC/C=C/C(C)=C(/C#C[Si](C)(C)C)C(=O)OCC. The molecule has 0 fully saturated rings. The predicted octanol–water partition coefficient (Wildman–Crippen LogP) is 5.27. The van der Waals surface area contributed by atoms with E-state index in [1.165, 1.54) is 25.7 Å². The number of hydrogen-bond acceptors (Lipinski definition) is 2. The Labute approximate surface area is 138 Å². The van der Waals surface area contributed by atoms with Crippen molar-refractivity contribution in [1.82, 2.24) is 0 Å². The number of rotatable bonds is 8. The first kappa shape index (κ1) is 20.7. The lowest BCUT2D eigenvalue weighted by atomic mass is 10.1. The standard InChI is InChI=1S/C19H32O2Si/c1-7-9-10-11-12-13-14-17(3)18(19(20)21-8-2)15-16-22(4,5)6/h13-14H,7-12H2,1-6H3/b14-13+,18-17-. The predicted molar refractivity (Wildman–Crippen MR) is 98.4 cm³/mol. The van der Waals surface area contributed by atoms with Gasteiger partial charge < -0.3 is 4.74 Å². The Bertz CT molecular complexity index is 456. The second-order valence-corrected chi connectivity index (χ2v) is 11.3. The lowest BCUT2D eigenvalue weighted by Crippen LogP contribution is -2.17. The van der Waals surface area contributed by atoms with Crippen LogP contribution in [0, 0.1) is 11.5 Å². The Morgan fingerprint density at radius 3 is 2.36 bits per heavy atom. The molecular formula is C19H32O2Si. The van der Waals surface area contributed by atoms with Crippen LogP contribution in [0.2, 0.25) is 19.6 Å². The molecule has 2 nitrogen and oxygen atoms in total. The minimum Gasteiger partial charge on any atom is -0.462 e. The first-order valence-corrected chi connectivity index (χ1v) is 11.9. The fourth-order valence-corrected chi connectivity index (χ4v) is 2.30. The third-order valence-corrected chi connectivity index (χ3v) is 3.90. The van der Waals surface area contributed by atoms with Crippen molar-refractivity contribution < 1.29 is 9.53 Å². The van der Waals surface area contributed by atoms with Crippen molar-refractivity contribution in [1.29, 1.82) is 0 Å². The number of unbranched alkanes of at least 4 members (excludes halogenated alkanes) is 4. The van der Waals surface area contributed by atoms with Gasteiger partial charge >= 0.3 is 5.97 Å². The Morgan fingerprint density at radius 2 is 1.82 bits per heavy atom. The molecule has 0 atom stereocenters. The highest BCUT2D eigenvalue weighted by Gasteiger charge is 2.13. The van der Waals surface area contributed by atoms with Crippen molar-refractivity contribution in [2.45, 2.75) is 72.5 Å². The second-order valence-electron chi connectivity index (χ2n) is 6.53. The van der Waals surface area contributed by atoms with Crippen LogP contribution in [0.5, 0.6) is 0 Å². The normalized spacial score (nSPS) is 12.6. The molecule has 0 rings (SSSR count). The summed E-state index contributed by atoms with van der Waals surface area (Å²) in [5, 5.41) is 0. The maximum atomic E-state index is 12.1. The van der Waals surface area contributed by atoms with Gasteiger partial charge in [0.05, 0.1) is 6.61 Å². The summed E-state index contributed by atoms with van der Waals surface area (Å²) in [7, 11) is -1.51. The summed E-state index contributed by atoms with van der Waals surface area (Å²) in [5.74, 6) is 2.77. The van der Waals surface area contributed by atoms with E-state index in [1.807, 2.05) is 19.9 Å². The zero-order valence-corrected chi connectivity index (χ0v) is 16.2. The minimum atomic E-state index is -1.51. The van der Waals surface area contributed by atoms with Crippen molar-refractivity contribution in [3.63, 3.8) is 0 Å². The van der Waals surface area contributed by atoms with E-state index < -0.39 is 8.07 Å².